The lowest BCUT2D eigenvalue weighted by Crippen LogP contribution is -2.45. The monoisotopic (exact) mass is 232 g/mol. The van der Waals surface area contributed by atoms with Gasteiger partial charge in [-0.1, -0.05) is 0 Å². The molecule has 0 aromatic rings. The SMILES string of the molecule is CC(C)N(CCCO)C(=O)NCCC(=O)O. The highest BCUT2D eigenvalue weighted by Gasteiger charge is 2.15. The topological polar surface area (TPSA) is 89.9 Å². The molecule has 0 atom stereocenters. The van der Waals surface area contributed by atoms with Crippen molar-refractivity contribution < 1.29 is 19.8 Å². The molecule has 0 saturated carbocycles. The van der Waals surface area contributed by atoms with Gasteiger partial charge in [-0.2, -0.15) is 0 Å². The Morgan fingerprint density at radius 1 is 1.38 bits per heavy atom. The molecule has 94 valence electrons. The zero-order valence-electron chi connectivity index (χ0n) is 9.77. The standard InChI is InChI=1S/C10H20N2O4/c1-8(2)12(6-3-7-13)10(16)11-5-4-9(14)15/h8,13H,3-7H2,1-2H3,(H,11,16)(H,14,15). The number of amides is 2. The number of carbonyl (C=O) groups excluding carboxylic acids is 1. The molecule has 0 unspecified atom stereocenters. The molecular weight excluding hydrogens is 212 g/mol. The Morgan fingerprint density at radius 2 is 2.00 bits per heavy atom. The second kappa shape index (κ2) is 7.92. The number of hydrogen-bond donors (Lipinski definition) is 3. The summed E-state index contributed by atoms with van der Waals surface area (Å²) < 4.78 is 0. The molecule has 0 saturated heterocycles. The van der Waals surface area contributed by atoms with Crippen molar-refractivity contribution in [2.24, 2.45) is 0 Å². The predicted octanol–water partition coefficient (Wildman–Crippen LogP) is 0.263. The summed E-state index contributed by atoms with van der Waals surface area (Å²) in [5, 5.41) is 19.6. The number of rotatable bonds is 7. The minimum absolute atomic E-state index is 0.0244. The fourth-order valence-corrected chi connectivity index (χ4v) is 1.21. The Morgan fingerprint density at radius 3 is 2.44 bits per heavy atom. The van der Waals surface area contributed by atoms with E-state index < -0.39 is 5.97 Å². The lowest BCUT2D eigenvalue weighted by molar-refractivity contribution is -0.136. The van der Waals surface area contributed by atoms with E-state index >= 15 is 0 Å². The van der Waals surface area contributed by atoms with Crippen molar-refractivity contribution in [3.05, 3.63) is 0 Å². The summed E-state index contributed by atoms with van der Waals surface area (Å²) in [7, 11) is 0. The second-order valence-corrected chi connectivity index (χ2v) is 3.74. The third-order valence-corrected chi connectivity index (χ3v) is 2.06. The van der Waals surface area contributed by atoms with Gasteiger partial charge in [0.1, 0.15) is 0 Å². The van der Waals surface area contributed by atoms with Crippen molar-refractivity contribution in [2.75, 3.05) is 19.7 Å². The average molecular weight is 232 g/mol. The van der Waals surface area contributed by atoms with E-state index in [2.05, 4.69) is 5.32 Å². The van der Waals surface area contributed by atoms with Crippen molar-refractivity contribution in [3.63, 3.8) is 0 Å². The maximum absolute atomic E-state index is 11.6. The molecule has 0 heterocycles. The molecular formula is C10H20N2O4. The fraction of sp³-hybridized carbons (Fsp3) is 0.800. The van der Waals surface area contributed by atoms with Crippen LogP contribution in [0.25, 0.3) is 0 Å². The molecule has 0 fully saturated rings. The third kappa shape index (κ3) is 6.23. The number of nitrogens with one attached hydrogen (secondary N) is 1. The van der Waals surface area contributed by atoms with E-state index in [1.807, 2.05) is 13.8 Å². The van der Waals surface area contributed by atoms with Crippen molar-refractivity contribution in [1.82, 2.24) is 10.2 Å². The Hall–Kier alpha value is -1.30. The van der Waals surface area contributed by atoms with Crippen molar-refractivity contribution in [3.8, 4) is 0 Å². The van der Waals surface area contributed by atoms with Crippen LogP contribution in [0.3, 0.4) is 0 Å². The molecule has 0 spiro atoms. The van der Waals surface area contributed by atoms with Crippen molar-refractivity contribution >= 4 is 12.0 Å². The van der Waals surface area contributed by atoms with E-state index in [9.17, 15) is 9.59 Å². The molecule has 0 aliphatic rings. The van der Waals surface area contributed by atoms with Crippen LogP contribution in [-0.4, -0.2) is 52.9 Å². The molecule has 16 heavy (non-hydrogen) atoms. The number of aliphatic hydroxyl groups excluding tert-OH is 1. The molecule has 6 heteroatoms. The van der Waals surface area contributed by atoms with Gasteiger partial charge in [-0.15, -0.1) is 0 Å². The van der Waals surface area contributed by atoms with Gasteiger partial charge in [-0.3, -0.25) is 4.79 Å². The number of carbonyl (C=O) groups is 2. The number of aliphatic carboxylic acids is 1. The molecule has 0 radical (unpaired) electrons. The van der Waals surface area contributed by atoms with Crippen LogP contribution in [0.1, 0.15) is 26.7 Å². The summed E-state index contributed by atoms with van der Waals surface area (Å²) in [5.41, 5.74) is 0. The zero-order chi connectivity index (χ0) is 12.6. The highest BCUT2D eigenvalue weighted by Crippen LogP contribution is 2.00. The average Bonchev–Trinajstić information content (AvgIpc) is 2.17. The molecule has 3 N–H and O–H groups in total. The van der Waals surface area contributed by atoms with E-state index in [1.54, 1.807) is 4.90 Å². The van der Waals surface area contributed by atoms with Gasteiger partial charge in [0.25, 0.3) is 0 Å². The Balaban J connectivity index is 4.01. The predicted molar refractivity (Wildman–Crippen MR) is 59.2 cm³/mol. The molecule has 0 bridgehead atoms. The van der Waals surface area contributed by atoms with E-state index in [-0.39, 0.29) is 31.6 Å². The van der Waals surface area contributed by atoms with Crippen LogP contribution in [-0.2, 0) is 4.79 Å². The smallest absolute Gasteiger partial charge is 0.317 e. The number of nitrogens with zero attached hydrogens (tertiary/aromatic N) is 1. The minimum atomic E-state index is -0.938. The fourth-order valence-electron chi connectivity index (χ4n) is 1.21. The summed E-state index contributed by atoms with van der Waals surface area (Å²) in [5.74, 6) is -0.938. The van der Waals surface area contributed by atoms with E-state index in [4.69, 9.17) is 10.2 Å². The van der Waals surface area contributed by atoms with Gasteiger partial charge in [-0.25, -0.2) is 4.79 Å². The maximum Gasteiger partial charge on any atom is 0.317 e. The van der Waals surface area contributed by atoms with Crippen LogP contribution in [0, 0.1) is 0 Å². The highest BCUT2D eigenvalue weighted by molar-refractivity contribution is 5.75. The summed E-state index contributed by atoms with van der Waals surface area (Å²) in [4.78, 5) is 23.4. The van der Waals surface area contributed by atoms with Gasteiger partial charge < -0.3 is 20.4 Å². The summed E-state index contributed by atoms with van der Waals surface area (Å²) in [6, 6.07) is -0.263. The first-order chi connectivity index (χ1) is 7.49. The zero-order valence-corrected chi connectivity index (χ0v) is 9.77. The number of urea groups is 1. The van der Waals surface area contributed by atoms with Crippen LogP contribution >= 0.6 is 0 Å². The van der Waals surface area contributed by atoms with Gasteiger partial charge >= 0.3 is 12.0 Å². The van der Waals surface area contributed by atoms with E-state index in [1.165, 1.54) is 0 Å². The minimum Gasteiger partial charge on any atom is -0.481 e. The number of hydrogen-bond acceptors (Lipinski definition) is 3. The second-order valence-electron chi connectivity index (χ2n) is 3.74. The molecule has 2 amide bonds. The van der Waals surface area contributed by atoms with Crippen molar-refractivity contribution in [2.45, 2.75) is 32.7 Å². The highest BCUT2D eigenvalue weighted by atomic mass is 16.4. The Labute approximate surface area is 95.2 Å². The lowest BCUT2D eigenvalue weighted by atomic mass is 10.3. The van der Waals surface area contributed by atoms with E-state index in [0.717, 1.165) is 0 Å². The first-order valence-corrected chi connectivity index (χ1v) is 5.36. The third-order valence-electron chi connectivity index (χ3n) is 2.06. The Bertz CT molecular complexity index is 231. The molecule has 0 aliphatic heterocycles. The van der Waals surface area contributed by atoms with Crippen LogP contribution in [0.2, 0.25) is 0 Å². The van der Waals surface area contributed by atoms with Crippen LogP contribution < -0.4 is 5.32 Å². The molecule has 6 nitrogen and oxygen atoms in total. The summed E-state index contributed by atoms with van der Waals surface area (Å²) in [6.45, 7) is 4.36. The number of carboxylic acids is 1. The first-order valence-electron chi connectivity index (χ1n) is 5.36. The summed E-state index contributed by atoms with van der Waals surface area (Å²) in [6.07, 6.45) is 0.433. The molecule has 0 aromatic carbocycles. The van der Waals surface area contributed by atoms with Crippen LogP contribution in [0.15, 0.2) is 0 Å². The molecule has 0 rings (SSSR count). The van der Waals surface area contributed by atoms with Gasteiger partial charge in [0.15, 0.2) is 0 Å². The van der Waals surface area contributed by atoms with Gasteiger partial charge in [0.05, 0.1) is 6.42 Å². The normalized spacial score (nSPS) is 10.2. The van der Waals surface area contributed by atoms with Crippen molar-refractivity contribution in [1.29, 1.82) is 0 Å². The molecule has 0 aliphatic carbocycles. The van der Waals surface area contributed by atoms with Crippen LogP contribution in [0.4, 0.5) is 4.79 Å². The largest absolute Gasteiger partial charge is 0.481 e. The summed E-state index contributed by atoms with van der Waals surface area (Å²) >= 11 is 0. The van der Waals surface area contributed by atoms with Crippen LogP contribution in [0.5, 0.6) is 0 Å². The molecule has 0 aromatic heterocycles. The van der Waals surface area contributed by atoms with Gasteiger partial charge in [-0.05, 0) is 20.3 Å². The van der Waals surface area contributed by atoms with E-state index in [0.29, 0.717) is 13.0 Å². The van der Waals surface area contributed by atoms with Gasteiger partial charge in [0.2, 0.25) is 0 Å². The first kappa shape index (κ1) is 14.7. The van der Waals surface area contributed by atoms with Gasteiger partial charge in [0, 0.05) is 25.7 Å². The maximum atomic E-state index is 11.6. The Kier molecular flexibility index (Phi) is 7.28. The lowest BCUT2D eigenvalue weighted by Gasteiger charge is -2.26. The quantitative estimate of drug-likeness (QED) is 0.587. The number of aliphatic hydroxyl groups is 1. The number of carboxylic acid groups (broad SMARTS) is 1.